The number of halogens is 1. The lowest BCUT2D eigenvalue weighted by molar-refractivity contribution is -0.131. The summed E-state index contributed by atoms with van der Waals surface area (Å²) in [6, 6.07) is 5.99. The average Bonchev–Trinajstić information content (AvgIpc) is 2.29. The molecular formula is C11H9BrN2O4. The maximum Gasteiger partial charge on any atom is 0.328 e. The van der Waals surface area contributed by atoms with Gasteiger partial charge in [-0.25, -0.2) is 9.59 Å². The molecule has 3 N–H and O–H groups in total. The predicted molar refractivity (Wildman–Crippen MR) is 68.1 cm³/mol. The zero-order valence-corrected chi connectivity index (χ0v) is 10.6. The highest BCUT2D eigenvalue weighted by atomic mass is 79.9. The van der Waals surface area contributed by atoms with Gasteiger partial charge in [0.1, 0.15) is 0 Å². The molecule has 0 bridgehead atoms. The number of urea groups is 1. The van der Waals surface area contributed by atoms with Gasteiger partial charge in [0.15, 0.2) is 0 Å². The first-order chi connectivity index (χ1) is 8.47. The Labute approximate surface area is 111 Å². The predicted octanol–water partition coefficient (Wildman–Crippen LogP) is 1.74. The van der Waals surface area contributed by atoms with Crippen molar-refractivity contribution < 1.29 is 19.5 Å². The Morgan fingerprint density at radius 3 is 2.28 bits per heavy atom. The number of benzene rings is 1. The Morgan fingerprint density at radius 2 is 1.72 bits per heavy atom. The number of nitrogens with one attached hydrogen (secondary N) is 2. The van der Waals surface area contributed by atoms with E-state index in [2.05, 4.69) is 21.2 Å². The van der Waals surface area contributed by atoms with E-state index in [1.807, 2.05) is 5.32 Å². The van der Waals surface area contributed by atoms with Gasteiger partial charge in [0.2, 0.25) is 0 Å². The van der Waals surface area contributed by atoms with Crippen LogP contribution in [0.2, 0.25) is 0 Å². The number of aliphatic carboxylic acids is 1. The molecule has 0 aliphatic rings. The van der Waals surface area contributed by atoms with Gasteiger partial charge in [-0.15, -0.1) is 0 Å². The van der Waals surface area contributed by atoms with Crippen LogP contribution in [0.4, 0.5) is 10.5 Å². The van der Waals surface area contributed by atoms with Crippen molar-refractivity contribution in [3.63, 3.8) is 0 Å². The van der Waals surface area contributed by atoms with Gasteiger partial charge in [-0.3, -0.25) is 10.1 Å². The normalized spacial score (nSPS) is 10.1. The third kappa shape index (κ3) is 5.26. The monoisotopic (exact) mass is 312 g/mol. The number of imide groups is 1. The average molecular weight is 313 g/mol. The van der Waals surface area contributed by atoms with Gasteiger partial charge in [-0.2, -0.15) is 0 Å². The summed E-state index contributed by atoms with van der Waals surface area (Å²) < 4.78 is 0.855. The lowest BCUT2D eigenvalue weighted by atomic mass is 10.3. The second-order valence-electron chi connectivity index (χ2n) is 3.12. The highest BCUT2D eigenvalue weighted by Gasteiger charge is 2.05. The van der Waals surface area contributed by atoms with Crippen LogP contribution in [-0.2, 0) is 9.59 Å². The number of carbonyl (C=O) groups excluding carboxylic acids is 2. The maximum atomic E-state index is 11.3. The smallest absolute Gasteiger partial charge is 0.328 e. The van der Waals surface area contributed by atoms with Crippen LogP contribution in [0.3, 0.4) is 0 Å². The Bertz CT molecular complexity index is 496. The van der Waals surface area contributed by atoms with Crippen molar-refractivity contribution in [2.45, 2.75) is 0 Å². The molecule has 6 nitrogen and oxygen atoms in total. The first kappa shape index (κ1) is 13.9. The molecule has 94 valence electrons. The fraction of sp³-hybridized carbons (Fsp3) is 0. The Hall–Kier alpha value is -2.15. The molecule has 0 saturated heterocycles. The number of hydrogen-bond donors (Lipinski definition) is 3. The number of carbonyl (C=O) groups is 3. The summed E-state index contributed by atoms with van der Waals surface area (Å²) >= 11 is 3.24. The molecule has 0 atom stereocenters. The molecule has 18 heavy (non-hydrogen) atoms. The summed E-state index contributed by atoms with van der Waals surface area (Å²) in [5.74, 6) is -2.08. The van der Waals surface area contributed by atoms with Crippen LogP contribution in [0.15, 0.2) is 40.9 Å². The van der Waals surface area contributed by atoms with E-state index in [1.165, 1.54) is 0 Å². The van der Waals surface area contributed by atoms with E-state index < -0.39 is 17.9 Å². The van der Waals surface area contributed by atoms with Crippen LogP contribution < -0.4 is 10.6 Å². The second-order valence-corrected chi connectivity index (χ2v) is 4.04. The van der Waals surface area contributed by atoms with Crippen molar-refractivity contribution in [3.05, 3.63) is 40.9 Å². The molecule has 7 heteroatoms. The lowest BCUT2D eigenvalue weighted by Gasteiger charge is -2.04. The minimum absolute atomic E-state index is 0.505. The number of hydrogen-bond acceptors (Lipinski definition) is 3. The zero-order chi connectivity index (χ0) is 13.5. The molecule has 0 aromatic heterocycles. The molecule has 3 amide bonds. The van der Waals surface area contributed by atoms with Crippen LogP contribution >= 0.6 is 15.9 Å². The summed E-state index contributed by atoms with van der Waals surface area (Å²) in [6.07, 6.45) is 1.39. The molecule has 0 saturated carbocycles. The van der Waals surface area contributed by atoms with Crippen LogP contribution in [0.1, 0.15) is 0 Å². The minimum atomic E-state index is -1.27. The van der Waals surface area contributed by atoms with Crippen LogP contribution in [0.5, 0.6) is 0 Å². The molecule has 0 radical (unpaired) electrons. The molecule has 0 unspecified atom stereocenters. The molecule has 1 aromatic carbocycles. The third-order valence-electron chi connectivity index (χ3n) is 1.72. The first-order valence-electron chi connectivity index (χ1n) is 4.76. The summed E-state index contributed by atoms with van der Waals surface area (Å²) in [6.45, 7) is 0. The zero-order valence-electron chi connectivity index (χ0n) is 9.01. The van der Waals surface area contributed by atoms with Crippen LogP contribution in [-0.4, -0.2) is 23.0 Å². The summed E-state index contributed by atoms with van der Waals surface area (Å²) in [5.41, 5.74) is 0.505. The number of amides is 3. The quantitative estimate of drug-likeness (QED) is 0.741. The molecule has 1 aromatic rings. The van der Waals surface area contributed by atoms with Gasteiger partial charge in [0.25, 0.3) is 5.91 Å². The summed E-state index contributed by atoms with van der Waals surface area (Å²) in [4.78, 5) is 32.5. The largest absolute Gasteiger partial charge is 0.478 e. The highest BCUT2D eigenvalue weighted by Crippen LogP contribution is 2.13. The highest BCUT2D eigenvalue weighted by molar-refractivity contribution is 9.10. The molecule has 0 heterocycles. The van der Waals surface area contributed by atoms with Crippen molar-refractivity contribution in [1.82, 2.24) is 5.32 Å². The van der Waals surface area contributed by atoms with Gasteiger partial charge in [0, 0.05) is 22.3 Å². The molecule has 1 rings (SSSR count). The van der Waals surface area contributed by atoms with Gasteiger partial charge in [-0.05, 0) is 24.3 Å². The summed E-state index contributed by atoms with van der Waals surface area (Å²) in [7, 11) is 0. The number of carboxylic acids is 1. The van der Waals surface area contributed by atoms with E-state index in [0.29, 0.717) is 11.8 Å². The Morgan fingerprint density at radius 1 is 1.11 bits per heavy atom. The van der Waals surface area contributed by atoms with E-state index in [0.717, 1.165) is 10.5 Å². The molecule has 0 fully saturated rings. The van der Waals surface area contributed by atoms with Crippen molar-refractivity contribution in [3.8, 4) is 0 Å². The fourth-order valence-corrected chi connectivity index (χ4v) is 1.26. The van der Waals surface area contributed by atoms with Gasteiger partial charge in [-0.1, -0.05) is 15.9 Å². The number of rotatable bonds is 3. The fourth-order valence-electron chi connectivity index (χ4n) is 0.996. The SMILES string of the molecule is O=C(O)/C=C/C(=O)NC(=O)Nc1ccc(Br)cc1. The van der Waals surface area contributed by atoms with Gasteiger partial charge < -0.3 is 10.4 Å². The summed E-state index contributed by atoms with van der Waals surface area (Å²) in [5, 5.41) is 12.6. The van der Waals surface area contributed by atoms with Crippen molar-refractivity contribution in [2.24, 2.45) is 0 Å². The third-order valence-corrected chi connectivity index (χ3v) is 2.24. The number of carboxylic acid groups (broad SMARTS) is 1. The molecular weight excluding hydrogens is 304 g/mol. The van der Waals surface area contributed by atoms with Crippen LogP contribution in [0, 0.1) is 0 Å². The molecule has 0 aliphatic heterocycles. The minimum Gasteiger partial charge on any atom is -0.478 e. The van der Waals surface area contributed by atoms with Gasteiger partial charge in [0.05, 0.1) is 0 Å². The second kappa shape index (κ2) is 6.55. The van der Waals surface area contributed by atoms with Crippen molar-refractivity contribution in [2.75, 3.05) is 5.32 Å². The molecule has 0 spiro atoms. The van der Waals surface area contributed by atoms with Crippen LogP contribution in [0.25, 0.3) is 0 Å². The lowest BCUT2D eigenvalue weighted by Crippen LogP contribution is -2.33. The Balaban J connectivity index is 2.49. The van der Waals surface area contributed by atoms with E-state index >= 15 is 0 Å². The standard InChI is InChI=1S/C11H9BrN2O4/c12-7-1-3-8(4-2-7)13-11(18)14-9(15)5-6-10(16)17/h1-6H,(H,16,17)(H2,13,14,15,18)/b6-5+. The molecule has 0 aliphatic carbocycles. The maximum absolute atomic E-state index is 11.3. The van der Waals surface area contributed by atoms with E-state index in [1.54, 1.807) is 24.3 Å². The number of anilines is 1. The topological polar surface area (TPSA) is 95.5 Å². The van der Waals surface area contributed by atoms with E-state index in [4.69, 9.17) is 5.11 Å². The first-order valence-corrected chi connectivity index (χ1v) is 5.55. The van der Waals surface area contributed by atoms with E-state index in [-0.39, 0.29) is 0 Å². The Kier molecular flexibility index (Phi) is 5.06. The van der Waals surface area contributed by atoms with Crippen molar-refractivity contribution in [1.29, 1.82) is 0 Å². The van der Waals surface area contributed by atoms with Gasteiger partial charge >= 0.3 is 12.0 Å². The van der Waals surface area contributed by atoms with E-state index in [9.17, 15) is 14.4 Å². The van der Waals surface area contributed by atoms with Crippen molar-refractivity contribution >= 4 is 39.5 Å².